The van der Waals surface area contributed by atoms with Crippen LogP contribution < -0.4 is 4.74 Å². The lowest BCUT2D eigenvalue weighted by Gasteiger charge is -2.06. The molecule has 0 spiro atoms. The third-order valence-corrected chi connectivity index (χ3v) is 2.59. The van der Waals surface area contributed by atoms with Gasteiger partial charge in [-0.05, 0) is 11.6 Å². The van der Waals surface area contributed by atoms with E-state index in [2.05, 4.69) is 0 Å². The molecular formula is C13H10N2O5. The number of hydrogen-bond acceptors (Lipinski definition) is 5. The number of nitro groups is 2. The zero-order valence-electron chi connectivity index (χ0n) is 10.3. The lowest BCUT2D eigenvalue weighted by molar-refractivity contribution is -0.422. The van der Waals surface area contributed by atoms with Crippen LogP contribution in [0.5, 0.6) is 5.75 Å². The van der Waals surface area contributed by atoms with E-state index in [0.717, 1.165) is 17.7 Å². The van der Waals surface area contributed by atoms with Gasteiger partial charge in [-0.15, -0.1) is 0 Å². The summed E-state index contributed by atoms with van der Waals surface area (Å²) < 4.78 is 5.39. The second-order valence-electron chi connectivity index (χ2n) is 3.94. The van der Waals surface area contributed by atoms with Gasteiger partial charge in [-0.3, -0.25) is 20.2 Å². The van der Waals surface area contributed by atoms with Crippen molar-refractivity contribution in [1.29, 1.82) is 0 Å². The Hall–Kier alpha value is -2.96. The van der Waals surface area contributed by atoms with Crippen molar-refractivity contribution in [3.8, 4) is 5.75 Å². The van der Waals surface area contributed by atoms with Crippen molar-refractivity contribution in [3.05, 3.63) is 74.3 Å². The van der Waals surface area contributed by atoms with E-state index in [0.29, 0.717) is 0 Å². The molecule has 0 amide bonds. The zero-order chi connectivity index (χ0) is 14.5. The largest absolute Gasteiger partial charge is 0.489 e. The van der Waals surface area contributed by atoms with Gasteiger partial charge in [-0.25, -0.2) is 0 Å². The van der Waals surface area contributed by atoms with Crippen LogP contribution >= 0.6 is 0 Å². The molecule has 102 valence electrons. The van der Waals surface area contributed by atoms with E-state index in [4.69, 9.17) is 4.74 Å². The fraction of sp³-hybridized carbons (Fsp3) is 0.0769. The number of ether oxygens (including phenoxy) is 1. The Balaban J connectivity index is 2.19. The van der Waals surface area contributed by atoms with Crippen molar-refractivity contribution < 1.29 is 14.6 Å². The van der Waals surface area contributed by atoms with E-state index < -0.39 is 21.2 Å². The lowest BCUT2D eigenvalue weighted by Crippen LogP contribution is -1.99. The molecule has 20 heavy (non-hydrogen) atoms. The van der Waals surface area contributed by atoms with Gasteiger partial charge in [0.05, 0.1) is 15.9 Å². The normalized spacial score (nSPS) is 10.0. The molecule has 0 N–H and O–H groups in total. The number of hydrogen-bond donors (Lipinski definition) is 0. The molecule has 0 radical (unpaired) electrons. The van der Waals surface area contributed by atoms with Crippen LogP contribution in [0.4, 0.5) is 11.4 Å². The first-order chi connectivity index (χ1) is 9.58. The maximum Gasteiger partial charge on any atom is 0.349 e. The third-order valence-electron chi connectivity index (χ3n) is 2.59. The van der Waals surface area contributed by atoms with Crippen molar-refractivity contribution in [2.75, 3.05) is 0 Å². The summed E-state index contributed by atoms with van der Waals surface area (Å²) in [5.74, 6) is 0.214. The maximum atomic E-state index is 10.8. The summed E-state index contributed by atoms with van der Waals surface area (Å²) >= 11 is 0. The smallest absolute Gasteiger partial charge is 0.349 e. The Morgan fingerprint density at radius 2 is 1.55 bits per heavy atom. The predicted molar refractivity (Wildman–Crippen MR) is 70.5 cm³/mol. The van der Waals surface area contributed by atoms with Gasteiger partial charge in [0.15, 0.2) is 0 Å². The van der Waals surface area contributed by atoms with Gasteiger partial charge in [0, 0.05) is 6.07 Å². The summed E-state index contributed by atoms with van der Waals surface area (Å²) in [6.07, 6.45) is 0. The van der Waals surface area contributed by atoms with Crippen molar-refractivity contribution in [2.45, 2.75) is 6.61 Å². The Labute approximate surface area is 113 Å². The number of benzene rings is 2. The van der Waals surface area contributed by atoms with Crippen LogP contribution in [0.1, 0.15) is 5.56 Å². The molecular weight excluding hydrogens is 264 g/mol. The molecule has 0 aromatic heterocycles. The molecule has 0 bridgehead atoms. The zero-order valence-corrected chi connectivity index (χ0v) is 10.3. The molecule has 2 aromatic carbocycles. The number of nitro benzene ring substituents is 2. The fourth-order valence-corrected chi connectivity index (χ4v) is 1.63. The van der Waals surface area contributed by atoms with Gasteiger partial charge >= 0.3 is 11.4 Å². The summed E-state index contributed by atoms with van der Waals surface area (Å²) in [7, 11) is 0. The van der Waals surface area contributed by atoms with Crippen LogP contribution in [-0.4, -0.2) is 9.85 Å². The Kier molecular flexibility index (Phi) is 3.90. The molecule has 7 nitrogen and oxygen atoms in total. The lowest BCUT2D eigenvalue weighted by atomic mass is 10.2. The summed E-state index contributed by atoms with van der Waals surface area (Å²) in [4.78, 5) is 19.9. The molecule has 0 unspecified atom stereocenters. The highest BCUT2D eigenvalue weighted by Crippen LogP contribution is 2.30. The average Bonchev–Trinajstić information content (AvgIpc) is 2.45. The highest BCUT2D eigenvalue weighted by atomic mass is 16.6. The van der Waals surface area contributed by atoms with Gasteiger partial charge in [-0.2, -0.15) is 0 Å². The fourth-order valence-electron chi connectivity index (χ4n) is 1.63. The van der Waals surface area contributed by atoms with E-state index in [1.165, 1.54) is 6.07 Å². The summed E-state index contributed by atoms with van der Waals surface area (Å²) in [6, 6.07) is 12.7. The number of rotatable bonds is 5. The molecule has 7 heteroatoms. The molecule has 0 aliphatic heterocycles. The van der Waals surface area contributed by atoms with Crippen LogP contribution in [0.3, 0.4) is 0 Å². The van der Waals surface area contributed by atoms with Gasteiger partial charge in [0.1, 0.15) is 12.4 Å². The van der Waals surface area contributed by atoms with E-state index in [1.54, 1.807) is 0 Å². The van der Waals surface area contributed by atoms with Crippen LogP contribution in [0.15, 0.2) is 48.5 Å². The highest BCUT2D eigenvalue weighted by Gasteiger charge is 2.24. The second-order valence-corrected chi connectivity index (χ2v) is 3.94. The van der Waals surface area contributed by atoms with Crippen molar-refractivity contribution in [2.24, 2.45) is 0 Å². The SMILES string of the molecule is O=[N+]([O-])c1ccc(OCc2ccccc2)cc1[N+](=O)[O-]. The molecule has 0 aliphatic carbocycles. The van der Waals surface area contributed by atoms with Gasteiger partial charge < -0.3 is 4.74 Å². The average molecular weight is 274 g/mol. The quantitative estimate of drug-likeness (QED) is 0.616. The van der Waals surface area contributed by atoms with E-state index in [1.807, 2.05) is 30.3 Å². The minimum Gasteiger partial charge on any atom is -0.489 e. The number of nitrogens with zero attached hydrogens (tertiary/aromatic N) is 2. The minimum atomic E-state index is -0.798. The first-order valence-corrected chi connectivity index (χ1v) is 5.67. The van der Waals surface area contributed by atoms with Gasteiger partial charge in [-0.1, -0.05) is 30.3 Å². The molecule has 2 aromatic rings. The second kappa shape index (κ2) is 5.79. The third kappa shape index (κ3) is 3.08. The predicted octanol–water partition coefficient (Wildman–Crippen LogP) is 3.08. The highest BCUT2D eigenvalue weighted by molar-refractivity contribution is 5.55. The van der Waals surface area contributed by atoms with E-state index in [9.17, 15) is 20.2 Å². The van der Waals surface area contributed by atoms with Crippen LogP contribution in [-0.2, 0) is 6.61 Å². The molecule has 0 saturated carbocycles. The molecule has 0 heterocycles. The topological polar surface area (TPSA) is 95.5 Å². The molecule has 0 atom stereocenters. The first kappa shape index (κ1) is 13.5. The summed E-state index contributed by atoms with van der Waals surface area (Å²) in [5, 5.41) is 21.5. The van der Waals surface area contributed by atoms with Gasteiger partial charge in [0.25, 0.3) is 0 Å². The Morgan fingerprint density at radius 1 is 0.900 bits per heavy atom. The first-order valence-electron chi connectivity index (χ1n) is 5.67. The van der Waals surface area contributed by atoms with Crippen molar-refractivity contribution in [1.82, 2.24) is 0 Å². The Morgan fingerprint density at radius 3 is 2.15 bits per heavy atom. The van der Waals surface area contributed by atoms with Crippen LogP contribution in [0.25, 0.3) is 0 Å². The van der Waals surface area contributed by atoms with Crippen molar-refractivity contribution in [3.63, 3.8) is 0 Å². The summed E-state index contributed by atoms with van der Waals surface area (Å²) in [5.41, 5.74) is -0.240. The van der Waals surface area contributed by atoms with Crippen LogP contribution in [0.2, 0.25) is 0 Å². The van der Waals surface area contributed by atoms with E-state index in [-0.39, 0.29) is 12.4 Å². The standard InChI is InChI=1S/C13H10N2O5/c16-14(17)12-7-6-11(8-13(12)15(18)19)20-9-10-4-2-1-3-5-10/h1-8H,9H2. The molecule has 0 saturated heterocycles. The molecule has 0 aliphatic rings. The van der Waals surface area contributed by atoms with Gasteiger partial charge in [0.2, 0.25) is 0 Å². The van der Waals surface area contributed by atoms with Crippen molar-refractivity contribution >= 4 is 11.4 Å². The molecule has 0 fully saturated rings. The summed E-state index contributed by atoms with van der Waals surface area (Å²) in [6.45, 7) is 0.232. The monoisotopic (exact) mass is 274 g/mol. The van der Waals surface area contributed by atoms with Crippen LogP contribution in [0, 0.1) is 20.2 Å². The van der Waals surface area contributed by atoms with E-state index >= 15 is 0 Å². The Bertz CT molecular complexity index is 642. The minimum absolute atomic E-state index is 0.214. The molecule has 2 rings (SSSR count). The maximum absolute atomic E-state index is 10.8.